The zero-order valence-electron chi connectivity index (χ0n) is 20.5. The van der Waals surface area contributed by atoms with Gasteiger partial charge < -0.3 is 19.7 Å². The number of benzene rings is 1. The van der Waals surface area contributed by atoms with Gasteiger partial charge in [-0.15, -0.1) is 0 Å². The molecule has 1 fully saturated rings. The van der Waals surface area contributed by atoms with E-state index >= 15 is 0 Å². The van der Waals surface area contributed by atoms with Crippen molar-refractivity contribution in [3.63, 3.8) is 0 Å². The SMILES string of the molecule is COC(=O)Cc1ccccc1C#Cc1nc(Nc2ccc(C3CCN(BC=O)CC3)nc2)ncc1C. The highest BCUT2D eigenvalue weighted by molar-refractivity contribution is 6.64. The van der Waals surface area contributed by atoms with E-state index < -0.39 is 0 Å². The van der Waals surface area contributed by atoms with Crippen LogP contribution >= 0.6 is 0 Å². The summed E-state index contributed by atoms with van der Waals surface area (Å²) in [6, 6.07) is 11.5. The van der Waals surface area contributed by atoms with Crippen molar-refractivity contribution in [3.8, 4) is 11.8 Å². The Morgan fingerprint density at radius 3 is 2.69 bits per heavy atom. The molecule has 0 bridgehead atoms. The van der Waals surface area contributed by atoms with E-state index in [-0.39, 0.29) is 12.4 Å². The summed E-state index contributed by atoms with van der Waals surface area (Å²) in [7, 11) is 1.88. The topological polar surface area (TPSA) is 97.3 Å². The quantitative estimate of drug-likeness (QED) is 0.238. The lowest BCUT2D eigenvalue weighted by molar-refractivity contribution is -0.139. The molecule has 0 atom stereocenters. The van der Waals surface area contributed by atoms with Crippen LogP contribution in [0.3, 0.4) is 0 Å². The predicted octanol–water partition coefficient (Wildman–Crippen LogP) is 2.76. The summed E-state index contributed by atoms with van der Waals surface area (Å²) < 4.78 is 4.78. The molecule has 4 rings (SSSR count). The summed E-state index contributed by atoms with van der Waals surface area (Å²) in [4.78, 5) is 38.2. The van der Waals surface area contributed by atoms with Crippen molar-refractivity contribution in [1.29, 1.82) is 0 Å². The van der Waals surface area contributed by atoms with Crippen LogP contribution < -0.4 is 5.32 Å². The van der Waals surface area contributed by atoms with Gasteiger partial charge in [-0.2, -0.15) is 0 Å². The molecule has 0 aliphatic carbocycles. The summed E-state index contributed by atoms with van der Waals surface area (Å²) in [5.74, 6) is 6.78. The fraction of sp³-hybridized carbons (Fsp3) is 0.296. The maximum absolute atomic E-state index is 11.7. The maximum Gasteiger partial charge on any atom is 0.310 e. The average Bonchev–Trinajstić information content (AvgIpc) is 2.91. The Morgan fingerprint density at radius 2 is 1.97 bits per heavy atom. The van der Waals surface area contributed by atoms with Crippen molar-refractivity contribution < 1.29 is 14.3 Å². The predicted molar refractivity (Wildman–Crippen MR) is 140 cm³/mol. The number of nitrogens with zero attached hydrogens (tertiary/aromatic N) is 4. The van der Waals surface area contributed by atoms with Crippen LogP contribution in [0.1, 0.15) is 46.8 Å². The molecule has 2 aromatic heterocycles. The Balaban J connectivity index is 1.44. The van der Waals surface area contributed by atoms with Crippen molar-refractivity contribution in [2.24, 2.45) is 0 Å². The number of hydrogen-bond donors (Lipinski definition) is 1. The second-order valence-corrected chi connectivity index (χ2v) is 8.72. The van der Waals surface area contributed by atoms with Crippen LogP contribution in [0.25, 0.3) is 0 Å². The van der Waals surface area contributed by atoms with Gasteiger partial charge in [-0.1, -0.05) is 24.1 Å². The fourth-order valence-electron chi connectivity index (χ4n) is 4.15. The first kappa shape index (κ1) is 25.1. The summed E-state index contributed by atoms with van der Waals surface area (Å²) >= 11 is 0. The second-order valence-electron chi connectivity index (χ2n) is 8.72. The lowest BCUT2D eigenvalue weighted by atomic mass is 9.86. The Labute approximate surface area is 211 Å². The van der Waals surface area contributed by atoms with Crippen molar-refractivity contribution in [2.75, 3.05) is 25.5 Å². The summed E-state index contributed by atoms with van der Waals surface area (Å²) in [5.41, 5.74) is 4.88. The van der Waals surface area contributed by atoms with E-state index in [2.05, 4.69) is 36.9 Å². The molecule has 0 radical (unpaired) electrons. The number of carbonyl (C=O) groups is 2. The third kappa shape index (κ3) is 6.55. The van der Waals surface area contributed by atoms with Crippen molar-refractivity contribution in [3.05, 3.63) is 76.9 Å². The zero-order chi connectivity index (χ0) is 25.3. The third-order valence-electron chi connectivity index (χ3n) is 6.25. The van der Waals surface area contributed by atoms with Gasteiger partial charge in [0, 0.05) is 28.9 Å². The van der Waals surface area contributed by atoms with E-state index in [9.17, 15) is 9.59 Å². The standard InChI is InChI=1S/C27H28BN5O3/c1-19-16-30-27(32-24(19)9-7-20-5-3-4-6-22(20)15-26(35)36-2)31-23-8-10-25(29-17-23)21-11-13-33(14-12-21)28-18-34/h3-6,8,10,16-18,21,28H,11-15H2,1-2H3,(H,30,31,32). The minimum Gasteiger partial charge on any atom is -0.469 e. The van der Waals surface area contributed by atoms with E-state index in [4.69, 9.17) is 4.74 Å². The number of pyridine rings is 1. The third-order valence-corrected chi connectivity index (χ3v) is 6.25. The second kappa shape index (κ2) is 12.1. The van der Waals surface area contributed by atoms with E-state index in [1.54, 1.807) is 12.4 Å². The summed E-state index contributed by atoms with van der Waals surface area (Å²) in [5, 5.41) is 3.21. The molecule has 1 saturated heterocycles. The molecule has 182 valence electrons. The van der Waals surface area contributed by atoms with Crippen LogP contribution in [0.15, 0.2) is 48.8 Å². The van der Waals surface area contributed by atoms with E-state index in [1.165, 1.54) is 7.11 Å². The number of hydrogen-bond acceptors (Lipinski definition) is 8. The van der Waals surface area contributed by atoms with Gasteiger partial charge in [0.15, 0.2) is 0 Å². The van der Waals surface area contributed by atoms with E-state index in [1.807, 2.05) is 43.3 Å². The number of nitrogens with one attached hydrogen (secondary N) is 1. The fourth-order valence-corrected chi connectivity index (χ4v) is 4.15. The number of aromatic nitrogens is 3. The molecule has 3 heterocycles. The molecule has 3 aromatic rings. The highest BCUT2D eigenvalue weighted by Gasteiger charge is 2.21. The minimum absolute atomic E-state index is 0.164. The number of carbonyl (C=O) groups excluding carboxylic acids is 2. The maximum atomic E-state index is 11.7. The molecule has 1 aliphatic heterocycles. The molecule has 8 nitrogen and oxygen atoms in total. The van der Waals surface area contributed by atoms with Crippen molar-refractivity contribution >= 4 is 31.2 Å². The van der Waals surface area contributed by atoms with Crippen LogP contribution in [-0.2, 0) is 20.7 Å². The lowest BCUT2D eigenvalue weighted by Gasteiger charge is -2.30. The van der Waals surface area contributed by atoms with Crippen LogP contribution in [0, 0.1) is 18.8 Å². The molecule has 36 heavy (non-hydrogen) atoms. The normalized spacial score (nSPS) is 13.8. The minimum atomic E-state index is -0.308. The summed E-state index contributed by atoms with van der Waals surface area (Å²) in [6.07, 6.45) is 6.66. The average molecular weight is 481 g/mol. The Morgan fingerprint density at radius 1 is 1.17 bits per heavy atom. The van der Waals surface area contributed by atoms with Crippen molar-refractivity contribution in [2.45, 2.75) is 32.1 Å². The van der Waals surface area contributed by atoms with Crippen LogP contribution in [0.2, 0.25) is 0 Å². The molecule has 0 spiro atoms. The molecular formula is C27H28BN5O3. The van der Waals surface area contributed by atoms with Gasteiger partial charge >= 0.3 is 5.97 Å². The monoisotopic (exact) mass is 481 g/mol. The first-order valence-electron chi connectivity index (χ1n) is 11.9. The number of aryl methyl sites for hydroxylation is 1. The highest BCUT2D eigenvalue weighted by Crippen LogP contribution is 2.27. The smallest absolute Gasteiger partial charge is 0.310 e. The first-order valence-corrected chi connectivity index (χ1v) is 11.9. The largest absolute Gasteiger partial charge is 0.469 e. The molecule has 1 N–H and O–H groups in total. The number of esters is 1. The van der Waals surface area contributed by atoms with Crippen LogP contribution in [0.5, 0.6) is 0 Å². The Bertz CT molecular complexity index is 1280. The summed E-state index contributed by atoms with van der Waals surface area (Å²) in [6.45, 7) is 3.74. The highest BCUT2D eigenvalue weighted by atomic mass is 16.5. The number of ether oxygens (including phenoxy) is 1. The molecule has 0 amide bonds. The molecule has 1 aromatic carbocycles. The van der Waals surface area contributed by atoms with Gasteiger partial charge in [0.2, 0.25) is 5.95 Å². The lowest BCUT2D eigenvalue weighted by Crippen LogP contribution is -2.36. The van der Waals surface area contributed by atoms with Gasteiger partial charge in [-0.05, 0) is 62.5 Å². The number of piperidine rings is 1. The first-order chi connectivity index (χ1) is 17.6. The molecule has 9 heteroatoms. The zero-order valence-corrected chi connectivity index (χ0v) is 20.5. The van der Waals surface area contributed by atoms with Gasteiger partial charge in [0.1, 0.15) is 5.69 Å². The van der Waals surface area contributed by atoms with E-state index in [0.29, 0.717) is 25.0 Å². The van der Waals surface area contributed by atoms with Crippen LogP contribution in [0.4, 0.5) is 11.6 Å². The van der Waals surface area contributed by atoms with Gasteiger partial charge in [-0.25, -0.2) is 9.97 Å². The number of anilines is 2. The molecular weight excluding hydrogens is 453 g/mol. The Kier molecular flexibility index (Phi) is 8.42. The van der Waals surface area contributed by atoms with Gasteiger partial charge in [0.25, 0.3) is 7.41 Å². The van der Waals surface area contributed by atoms with Gasteiger partial charge in [0.05, 0.1) is 31.6 Å². The Hall–Kier alpha value is -4.03. The molecule has 0 unspecified atom stereocenters. The number of rotatable bonds is 7. The van der Waals surface area contributed by atoms with Gasteiger partial charge in [-0.3, -0.25) is 9.78 Å². The van der Waals surface area contributed by atoms with Crippen molar-refractivity contribution in [1.82, 2.24) is 19.8 Å². The number of methoxy groups -OCH3 is 1. The molecule has 0 saturated carbocycles. The molecule has 1 aliphatic rings. The van der Waals surface area contributed by atoms with Crippen LogP contribution in [-0.4, -0.2) is 59.5 Å². The van der Waals surface area contributed by atoms with E-state index in [0.717, 1.165) is 60.2 Å².